The molecule has 1 aromatic heterocycles. The zero-order valence-electron chi connectivity index (χ0n) is 10.6. The Balaban J connectivity index is 1.88. The number of aliphatic carboxylic acids is 1. The van der Waals surface area contributed by atoms with Gasteiger partial charge in [-0.2, -0.15) is 5.10 Å². The fraction of sp³-hybridized carbons (Fsp3) is 0.214. The number of nitrogens with zero attached hydrogens (tertiary/aromatic N) is 3. The molecule has 0 saturated heterocycles. The Morgan fingerprint density at radius 2 is 2.10 bits per heavy atom. The molecule has 2 heterocycles. The van der Waals surface area contributed by atoms with Gasteiger partial charge >= 0.3 is 5.97 Å². The van der Waals surface area contributed by atoms with Crippen LogP contribution in [0, 0.1) is 0 Å². The molecule has 102 valence electrons. The molecule has 0 aliphatic carbocycles. The van der Waals surface area contributed by atoms with Gasteiger partial charge in [-0.15, -0.1) is 0 Å². The molecule has 1 amide bonds. The maximum absolute atomic E-state index is 12.3. The SMILES string of the molecule is O=C(O)[C@@H]1CN(C(=O)Cn2cccn2)c2ccccc21. The summed E-state index contributed by atoms with van der Waals surface area (Å²) in [7, 11) is 0. The number of fused-ring (bicyclic) bond motifs is 1. The molecule has 1 aromatic carbocycles. The third-order valence-corrected chi connectivity index (χ3v) is 3.42. The highest BCUT2D eigenvalue weighted by Gasteiger charge is 2.36. The van der Waals surface area contributed by atoms with E-state index in [0.29, 0.717) is 11.3 Å². The minimum atomic E-state index is -0.910. The van der Waals surface area contributed by atoms with Crippen molar-refractivity contribution in [2.45, 2.75) is 12.5 Å². The first-order chi connectivity index (χ1) is 9.66. The van der Waals surface area contributed by atoms with Crippen LogP contribution in [0.1, 0.15) is 11.5 Å². The van der Waals surface area contributed by atoms with Crippen molar-refractivity contribution in [3.8, 4) is 0 Å². The van der Waals surface area contributed by atoms with E-state index in [9.17, 15) is 14.7 Å². The van der Waals surface area contributed by atoms with Gasteiger partial charge in [0.05, 0.1) is 0 Å². The van der Waals surface area contributed by atoms with Crippen molar-refractivity contribution < 1.29 is 14.7 Å². The van der Waals surface area contributed by atoms with E-state index in [1.807, 2.05) is 0 Å². The molecule has 0 spiro atoms. The van der Waals surface area contributed by atoms with Gasteiger partial charge in [0, 0.05) is 24.6 Å². The number of hydrogen-bond donors (Lipinski definition) is 1. The van der Waals surface area contributed by atoms with E-state index in [1.54, 1.807) is 42.7 Å². The molecule has 0 saturated carbocycles. The highest BCUT2D eigenvalue weighted by atomic mass is 16.4. The van der Waals surface area contributed by atoms with Crippen LogP contribution in [-0.2, 0) is 16.1 Å². The largest absolute Gasteiger partial charge is 0.481 e. The summed E-state index contributed by atoms with van der Waals surface area (Å²) in [5.41, 5.74) is 1.37. The van der Waals surface area contributed by atoms with Gasteiger partial charge in [-0.1, -0.05) is 18.2 Å². The topological polar surface area (TPSA) is 75.4 Å². The normalized spacial score (nSPS) is 17.0. The Morgan fingerprint density at radius 3 is 2.80 bits per heavy atom. The lowest BCUT2D eigenvalue weighted by Gasteiger charge is -2.17. The van der Waals surface area contributed by atoms with Crippen LogP contribution >= 0.6 is 0 Å². The van der Waals surface area contributed by atoms with Crippen LogP contribution in [0.15, 0.2) is 42.7 Å². The summed E-state index contributed by atoms with van der Waals surface area (Å²) in [4.78, 5) is 25.1. The van der Waals surface area contributed by atoms with Crippen molar-refractivity contribution in [1.82, 2.24) is 9.78 Å². The van der Waals surface area contributed by atoms with Crippen molar-refractivity contribution in [3.63, 3.8) is 0 Å². The summed E-state index contributed by atoms with van der Waals surface area (Å²) in [6.45, 7) is 0.280. The van der Waals surface area contributed by atoms with E-state index in [4.69, 9.17) is 0 Å². The van der Waals surface area contributed by atoms with Gasteiger partial charge < -0.3 is 10.0 Å². The van der Waals surface area contributed by atoms with Crippen LogP contribution in [0.2, 0.25) is 0 Å². The summed E-state index contributed by atoms with van der Waals surface area (Å²) in [6.07, 6.45) is 3.31. The first-order valence-electron chi connectivity index (χ1n) is 6.26. The van der Waals surface area contributed by atoms with Crippen LogP contribution in [0.25, 0.3) is 0 Å². The van der Waals surface area contributed by atoms with Gasteiger partial charge in [0.1, 0.15) is 12.5 Å². The molecule has 1 atom stereocenters. The third kappa shape index (κ3) is 2.05. The van der Waals surface area contributed by atoms with Crippen molar-refractivity contribution in [2.75, 3.05) is 11.4 Å². The number of hydrogen-bond acceptors (Lipinski definition) is 3. The quantitative estimate of drug-likeness (QED) is 0.907. The van der Waals surface area contributed by atoms with Crippen molar-refractivity contribution in [3.05, 3.63) is 48.3 Å². The van der Waals surface area contributed by atoms with E-state index in [-0.39, 0.29) is 19.0 Å². The molecule has 6 nitrogen and oxygen atoms in total. The smallest absolute Gasteiger partial charge is 0.312 e. The molecular weight excluding hydrogens is 258 g/mol. The number of benzene rings is 1. The number of aromatic nitrogens is 2. The van der Waals surface area contributed by atoms with E-state index in [0.717, 1.165) is 0 Å². The number of carboxylic acids is 1. The average Bonchev–Trinajstić information content (AvgIpc) is 3.05. The third-order valence-electron chi connectivity index (χ3n) is 3.42. The maximum Gasteiger partial charge on any atom is 0.312 e. The molecule has 2 aromatic rings. The molecule has 0 bridgehead atoms. The fourth-order valence-electron chi connectivity index (χ4n) is 2.47. The average molecular weight is 271 g/mol. The number of carbonyl (C=O) groups is 2. The number of carbonyl (C=O) groups excluding carboxylic acids is 1. The lowest BCUT2D eigenvalue weighted by atomic mass is 10.0. The molecule has 0 unspecified atom stereocenters. The number of carboxylic acid groups (broad SMARTS) is 1. The number of rotatable bonds is 3. The standard InChI is InChI=1S/C14H13N3O3/c18-13(9-16-7-3-6-15-16)17-8-11(14(19)20)10-4-1-2-5-12(10)17/h1-7,11H,8-9H2,(H,19,20)/t11-/m1/s1. The van der Waals surface area contributed by atoms with Gasteiger partial charge in [0.25, 0.3) is 0 Å². The Labute approximate surface area is 115 Å². The van der Waals surface area contributed by atoms with Gasteiger partial charge in [-0.25, -0.2) is 0 Å². The molecular formula is C14H13N3O3. The lowest BCUT2D eigenvalue weighted by Crippen LogP contribution is -2.34. The van der Waals surface area contributed by atoms with Crippen LogP contribution in [0.3, 0.4) is 0 Å². The Kier molecular flexibility index (Phi) is 2.98. The summed E-state index contributed by atoms with van der Waals surface area (Å²) < 4.78 is 1.53. The predicted molar refractivity (Wildman–Crippen MR) is 71.4 cm³/mol. The molecule has 6 heteroatoms. The summed E-state index contributed by atoms with van der Waals surface area (Å²) in [6, 6.07) is 8.87. The number of anilines is 1. The predicted octanol–water partition coefficient (Wildman–Crippen LogP) is 1.10. The summed E-state index contributed by atoms with van der Waals surface area (Å²) in [5, 5.41) is 13.3. The zero-order valence-corrected chi connectivity index (χ0v) is 10.6. The fourth-order valence-corrected chi connectivity index (χ4v) is 2.47. The van der Waals surface area contributed by atoms with E-state index >= 15 is 0 Å². The monoisotopic (exact) mass is 271 g/mol. The minimum Gasteiger partial charge on any atom is -0.481 e. The number of para-hydroxylation sites is 1. The van der Waals surface area contributed by atoms with Crippen LogP contribution in [0.5, 0.6) is 0 Å². The van der Waals surface area contributed by atoms with E-state index in [1.165, 1.54) is 9.58 Å². The van der Waals surface area contributed by atoms with Gasteiger partial charge in [0.15, 0.2) is 0 Å². The summed E-state index contributed by atoms with van der Waals surface area (Å²) in [5.74, 6) is -1.73. The second-order valence-corrected chi connectivity index (χ2v) is 4.66. The molecule has 1 N–H and O–H groups in total. The first-order valence-corrected chi connectivity index (χ1v) is 6.26. The van der Waals surface area contributed by atoms with Crippen molar-refractivity contribution >= 4 is 17.6 Å². The highest BCUT2D eigenvalue weighted by Crippen LogP contribution is 2.36. The Bertz CT molecular complexity index is 651. The Morgan fingerprint density at radius 1 is 1.30 bits per heavy atom. The molecule has 0 radical (unpaired) electrons. The van der Waals surface area contributed by atoms with E-state index in [2.05, 4.69) is 5.10 Å². The van der Waals surface area contributed by atoms with Crippen LogP contribution in [0.4, 0.5) is 5.69 Å². The molecule has 1 aliphatic heterocycles. The second kappa shape index (κ2) is 4.80. The first kappa shape index (κ1) is 12.4. The zero-order chi connectivity index (χ0) is 14.1. The Hall–Kier alpha value is -2.63. The van der Waals surface area contributed by atoms with Crippen molar-refractivity contribution in [1.29, 1.82) is 0 Å². The number of amides is 1. The minimum absolute atomic E-state index is 0.105. The summed E-state index contributed by atoms with van der Waals surface area (Å²) >= 11 is 0. The molecule has 1 aliphatic rings. The molecule has 3 rings (SSSR count). The van der Waals surface area contributed by atoms with Crippen LogP contribution < -0.4 is 4.90 Å². The molecule has 0 fully saturated rings. The lowest BCUT2D eigenvalue weighted by molar-refractivity contribution is -0.138. The van der Waals surface area contributed by atoms with Crippen molar-refractivity contribution in [2.24, 2.45) is 0 Å². The second-order valence-electron chi connectivity index (χ2n) is 4.66. The molecule has 20 heavy (non-hydrogen) atoms. The van der Waals surface area contributed by atoms with Gasteiger partial charge in [-0.3, -0.25) is 14.3 Å². The van der Waals surface area contributed by atoms with Crippen LogP contribution in [-0.4, -0.2) is 33.3 Å². The highest BCUT2D eigenvalue weighted by molar-refractivity contribution is 5.98. The van der Waals surface area contributed by atoms with Gasteiger partial charge in [-0.05, 0) is 17.7 Å². The van der Waals surface area contributed by atoms with Gasteiger partial charge in [0.2, 0.25) is 5.91 Å². The maximum atomic E-state index is 12.3. The van der Waals surface area contributed by atoms with E-state index < -0.39 is 11.9 Å².